The molecule has 0 N–H and O–H groups in total. The van der Waals surface area contributed by atoms with Gasteiger partial charge in [0.15, 0.2) is 12.4 Å². The predicted molar refractivity (Wildman–Crippen MR) is 81.6 cm³/mol. The van der Waals surface area contributed by atoms with E-state index >= 15 is 0 Å². The third kappa shape index (κ3) is 10.4. The van der Waals surface area contributed by atoms with Crippen molar-refractivity contribution in [2.24, 2.45) is 0 Å². The number of unbranched alkanes of at least 4 members (excludes halogenated alkanes) is 1. The summed E-state index contributed by atoms with van der Waals surface area (Å²) >= 11 is 0. The molecule has 122 valence electrons. The van der Waals surface area contributed by atoms with Crippen LogP contribution in [0.3, 0.4) is 0 Å². The van der Waals surface area contributed by atoms with Crippen molar-refractivity contribution < 1.29 is 22.3 Å². The Kier molecular flexibility index (Phi) is 11.1. The molecule has 1 unspecified atom stereocenters. The van der Waals surface area contributed by atoms with Gasteiger partial charge in [-0.1, -0.05) is 32.8 Å². The van der Waals surface area contributed by atoms with E-state index in [2.05, 4.69) is 36.0 Å². The number of pyridine rings is 1. The topological polar surface area (TPSA) is 70.3 Å². The third-order valence-corrected chi connectivity index (χ3v) is 3.76. The Morgan fingerprint density at radius 1 is 1.10 bits per heavy atom. The molecule has 1 aromatic rings. The molecule has 0 aliphatic rings. The van der Waals surface area contributed by atoms with Gasteiger partial charge in [-0.15, -0.1) is 0 Å². The van der Waals surface area contributed by atoms with E-state index in [1.807, 2.05) is 6.07 Å². The molecule has 0 fully saturated rings. The van der Waals surface area contributed by atoms with Gasteiger partial charge in [-0.25, -0.2) is 13.0 Å². The van der Waals surface area contributed by atoms with Crippen LogP contribution < -0.4 is 4.57 Å². The summed E-state index contributed by atoms with van der Waals surface area (Å²) in [7, 11) is -4.26. The zero-order valence-corrected chi connectivity index (χ0v) is 14.0. The van der Waals surface area contributed by atoms with Gasteiger partial charge in [0, 0.05) is 25.2 Å². The number of rotatable bonds is 8. The fourth-order valence-electron chi connectivity index (χ4n) is 1.66. The monoisotopic (exact) mass is 317 g/mol. The van der Waals surface area contributed by atoms with E-state index in [-0.39, 0.29) is 13.0 Å². The number of nitrogens with zero attached hydrogens (tertiary/aromatic N) is 1. The average molecular weight is 317 g/mol. The number of ether oxygens (including phenoxy) is 1. The van der Waals surface area contributed by atoms with Gasteiger partial charge in [-0.05, 0) is 13.3 Å². The molecular weight excluding hydrogens is 290 g/mol. The lowest BCUT2D eigenvalue weighted by Crippen LogP contribution is -2.31. The Hall–Kier alpha value is -0.980. The smallest absolute Gasteiger partial charge is 0.168 e. The number of hydrogen-bond donors (Lipinski definition) is 0. The Bertz CT molecular complexity index is 442. The zero-order chi connectivity index (χ0) is 16.1. The van der Waals surface area contributed by atoms with Gasteiger partial charge in [0.25, 0.3) is 0 Å². The first-order chi connectivity index (χ1) is 9.95. The first-order valence-corrected chi connectivity index (χ1v) is 8.93. The Morgan fingerprint density at radius 2 is 1.71 bits per heavy atom. The van der Waals surface area contributed by atoms with Crippen molar-refractivity contribution in [1.29, 1.82) is 0 Å². The molecule has 0 amide bonds. The molecule has 0 aromatic carbocycles. The third-order valence-electron chi connectivity index (χ3n) is 2.75. The molecule has 1 rings (SSSR count). The fourth-order valence-corrected chi connectivity index (χ4v) is 2.48. The second-order valence-electron chi connectivity index (χ2n) is 4.63. The highest BCUT2D eigenvalue weighted by Crippen LogP contribution is 2.07. The summed E-state index contributed by atoms with van der Waals surface area (Å²) in [5.41, 5.74) is -1.16. The molecular formula is C15H27NO4S. The maximum Gasteiger partial charge on any atom is 0.168 e. The minimum Gasteiger partial charge on any atom is -0.746 e. The highest BCUT2D eigenvalue weighted by molar-refractivity contribution is 7.86. The van der Waals surface area contributed by atoms with Crippen LogP contribution in [0.5, 0.6) is 0 Å². The normalized spacial score (nSPS) is 12.4. The maximum absolute atomic E-state index is 10.4. The van der Waals surface area contributed by atoms with Crippen LogP contribution in [-0.4, -0.2) is 25.0 Å². The van der Waals surface area contributed by atoms with Crippen molar-refractivity contribution in [3.63, 3.8) is 0 Å². The lowest BCUT2D eigenvalue weighted by Gasteiger charge is -2.19. The van der Waals surface area contributed by atoms with Gasteiger partial charge in [-0.3, -0.25) is 0 Å². The highest BCUT2D eigenvalue weighted by atomic mass is 32.2. The molecule has 0 bridgehead atoms. The quantitative estimate of drug-likeness (QED) is 0.545. The van der Waals surface area contributed by atoms with Crippen molar-refractivity contribution in [2.75, 3.05) is 6.61 Å². The van der Waals surface area contributed by atoms with E-state index in [0.717, 1.165) is 6.54 Å². The van der Waals surface area contributed by atoms with Crippen LogP contribution >= 0.6 is 0 Å². The maximum atomic E-state index is 10.4. The van der Waals surface area contributed by atoms with Gasteiger partial charge >= 0.3 is 0 Å². The molecule has 0 saturated carbocycles. The lowest BCUT2D eigenvalue weighted by molar-refractivity contribution is -0.697. The van der Waals surface area contributed by atoms with Gasteiger partial charge in [0.05, 0.1) is 0 Å². The first-order valence-electron chi connectivity index (χ1n) is 7.46. The first kappa shape index (κ1) is 20.0. The van der Waals surface area contributed by atoms with Crippen molar-refractivity contribution >= 4 is 10.1 Å². The average Bonchev–Trinajstić information content (AvgIpc) is 2.46. The van der Waals surface area contributed by atoms with Crippen molar-refractivity contribution in [3.8, 4) is 0 Å². The number of hydrogen-bond acceptors (Lipinski definition) is 4. The molecule has 0 spiro atoms. The van der Waals surface area contributed by atoms with Crippen LogP contribution in [-0.2, 0) is 21.4 Å². The minimum absolute atomic E-state index is 0.256. The molecule has 0 radical (unpaired) electrons. The van der Waals surface area contributed by atoms with Crippen LogP contribution in [0, 0.1) is 0 Å². The molecule has 21 heavy (non-hydrogen) atoms. The van der Waals surface area contributed by atoms with E-state index in [1.54, 1.807) is 13.8 Å². The second-order valence-corrected chi connectivity index (χ2v) is 6.14. The van der Waals surface area contributed by atoms with Gasteiger partial charge < -0.3 is 9.29 Å². The lowest BCUT2D eigenvalue weighted by atomic mass is 10.3. The standard InChI is InChI=1S/C9H14N.C6H14O4S/c1-2-3-7-10-8-5-4-6-9-10;1-3-5-6(10-4-2)11(7,8)9/h4-6,8-9H,2-3,7H2,1H3;6H,3-5H2,1-2H3,(H,7,8,9)/q+1;/p-1. The summed E-state index contributed by atoms with van der Waals surface area (Å²) in [6, 6.07) is 6.17. The second kappa shape index (κ2) is 11.7. The van der Waals surface area contributed by atoms with Gasteiger partial charge in [0.1, 0.15) is 22.1 Å². The Morgan fingerprint density at radius 3 is 2.14 bits per heavy atom. The van der Waals surface area contributed by atoms with E-state index in [4.69, 9.17) is 4.74 Å². The molecule has 6 heteroatoms. The van der Waals surface area contributed by atoms with E-state index in [0.29, 0.717) is 6.42 Å². The highest BCUT2D eigenvalue weighted by Gasteiger charge is 2.13. The van der Waals surface area contributed by atoms with Crippen LogP contribution in [0.25, 0.3) is 0 Å². The summed E-state index contributed by atoms with van der Waals surface area (Å²) < 4.78 is 38.3. The Labute approximate surface area is 128 Å². The van der Waals surface area contributed by atoms with Crippen LogP contribution in [0.15, 0.2) is 30.6 Å². The molecule has 5 nitrogen and oxygen atoms in total. The van der Waals surface area contributed by atoms with Crippen LogP contribution in [0.1, 0.15) is 46.5 Å². The molecule has 0 saturated heterocycles. The van der Waals surface area contributed by atoms with E-state index in [9.17, 15) is 13.0 Å². The van der Waals surface area contributed by atoms with Crippen molar-refractivity contribution in [3.05, 3.63) is 30.6 Å². The number of aryl methyl sites for hydroxylation is 1. The molecule has 1 atom stereocenters. The molecule has 1 heterocycles. The summed E-state index contributed by atoms with van der Waals surface area (Å²) in [6.45, 7) is 7.08. The van der Waals surface area contributed by atoms with Crippen molar-refractivity contribution in [1.82, 2.24) is 0 Å². The Balaban J connectivity index is 0.000000382. The molecule has 1 aromatic heterocycles. The van der Waals surface area contributed by atoms with Gasteiger partial charge in [-0.2, -0.15) is 0 Å². The van der Waals surface area contributed by atoms with Crippen LogP contribution in [0.2, 0.25) is 0 Å². The largest absolute Gasteiger partial charge is 0.746 e. The fraction of sp³-hybridized carbons (Fsp3) is 0.667. The summed E-state index contributed by atoms with van der Waals surface area (Å²) in [4.78, 5) is 0. The molecule has 0 aliphatic heterocycles. The molecule has 0 aliphatic carbocycles. The number of aromatic nitrogens is 1. The summed E-state index contributed by atoms with van der Waals surface area (Å²) in [5.74, 6) is 0. The zero-order valence-electron chi connectivity index (χ0n) is 13.2. The summed E-state index contributed by atoms with van der Waals surface area (Å²) in [6.07, 6.45) is 7.66. The van der Waals surface area contributed by atoms with Gasteiger partial charge in [0.2, 0.25) is 0 Å². The SMILES string of the molecule is CCCC(OCC)S(=O)(=O)[O-].CCCC[n+]1ccccc1. The van der Waals surface area contributed by atoms with E-state index in [1.165, 1.54) is 12.8 Å². The van der Waals surface area contributed by atoms with E-state index < -0.39 is 15.6 Å². The van der Waals surface area contributed by atoms with Crippen LogP contribution in [0.4, 0.5) is 0 Å². The minimum atomic E-state index is -4.26. The van der Waals surface area contributed by atoms with Crippen molar-refractivity contribution in [2.45, 2.75) is 58.4 Å². The summed E-state index contributed by atoms with van der Waals surface area (Å²) in [5, 5.41) is 0. The predicted octanol–water partition coefficient (Wildman–Crippen LogP) is 2.47.